The van der Waals surface area contributed by atoms with Gasteiger partial charge in [0.1, 0.15) is 0 Å². The Bertz CT molecular complexity index is 1090. The Morgan fingerprint density at radius 3 is 2.62 bits per heavy atom. The molecule has 0 aliphatic carbocycles. The average Bonchev–Trinajstić information content (AvgIpc) is 2.72. The third-order valence-corrected chi connectivity index (χ3v) is 5.21. The summed E-state index contributed by atoms with van der Waals surface area (Å²) in [5, 5.41) is 11.9. The molecule has 1 unspecified atom stereocenters. The highest BCUT2D eigenvalue weighted by Gasteiger charge is 2.22. The fourth-order valence-corrected chi connectivity index (χ4v) is 3.78. The van der Waals surface area contributed by atoms with E-state index in [0.717, 1.165) is 13.0 Å². The van der Waals surface area contributed by atoms with E-state index >= 15 is 0 Å². The molecule has 2 aromatic carbocycles. The number of amides is 1. The molecule has 29 heavy (non-hydrogen) atoms. The number of halogens is 1. The van der Waals surface area contributed by atoms with Gasteiger partial charge in [-0.15, -0.1) is 12.4 Å². The standard InChI is InChI=1S/C22H24N4O2.ClH/c1-14(2)26-22(28)18-10-6-5-9-17(18)20(25-26)21(27)24-13-19-16-8-4-3-7-15(16)11-12-23-19;/h3-10,14,19,23H,11-13H2,1-2H3,(H,24,27);1H. The third kappa shape index (κ3) is 4.04. The summed E-state index contributed by atoms with van der Waals surface area (Å²) in [6, 6.07) is 15.4. The first-order chi connectivity index (χ1) is 13.6. The van der Waals surface area contributed by atoms with Gasteiger partial charge in [-0.1, -0.05) is 42.5 Å². The molecular formula is C22H25ClN4O2. The van der Waals surface area contributed by atoms with Crippen LogP contribution in [0.15, 0.2) is 53.3 Å². The summed E-state index contributed by atoms with van der Waals surface area (Å²) in [6.07, 6.45) is 0.992. The van der Waals surface area contributed by atoms with Crippen LogP contribution >= 0.6 is 12.4 Å². The summed E-state index contributed by atoms with van der Waals surface area (Å²) in [5.41, 5.74) is 2.65. The summed E-state index contributed by atoms with van der Waals surface area (Å²) in [6.45, 7) is 5.12. The predicted molar refractivity (Wildman–Crippen MR) is 117 cm³/mol. The summed E-state index contributed by atoms with van der Waals surface area (Å²) in [5.74, 6) is -0.268. The molecule has 4 rings (SSSR count). The van der Waals surface area contributed by atoms with Crippen molar-refractivity contribution in [1.82, 2.24) is 20.4 Å². The fourth-order valence-electron chi connectivity index (χ4n) is 3.78. The van der Waals surface area contributed by atoms with Crippen molar-refractivity contribution in [2.45, 2.75) is 32.4 Å². The molecule has 1 aliphatic rings. The number of aromatic nitrogens is 2. The van der Waals surface area contributed by atoms with E-state index < -0.39 is 0 Å². The maximum absolute atomic E-state index is 13.0. The van der Waals surface area contributed by atoms with Crippen LogP contribution in [-0.4, -0.2) is 28.8 Å². The molecule has 1 aromatic heterocycles. The number of hydrogen-bond donors (Lipinski definition) is 2. The quantitative estimate of drug-likeness (QED) is 0.690. The van der Waals surface area contributed by atoms with Gasteiger partial charge >= 0.3 is 0 Å². The zero-order valence-electron chi connectivity index (χ0n) is 16.5. The van der Waals surface area contributed by atoms with Crippen molar-refractivity contribution in [3.8, 4) is 0 Å². The van der Waals surface area contributed by atoms with Crippen LogP contribution in [0.4, 0.5) is 0 Å². The van der Waals surface area contributed by atoms with Gasteiger partial charge in [0.05, 0.1) is 11.4 Å². The molecule has 0 fully saturated rings. The van der Waals surface area contributed by atoms with Crippen LogP contribution < -0.4 is 16.2 Å². The van der Waals surface area contributed by atoms with Crippen molar-refractivity contribution >= 4 is 29.1 Å². The van der Waals surface area contributed by atoms with Gasteiger partial charge in [-0.25, -0.2) is 4.68 Å². The summed E-state index contributed by atoms with van der Waals surface area (Å²) in [4.78, 5) is 25.6. The fraction of sp³-hybridized carbons (Fsp3) is 0.318. The molecule has 0 saturated carbocycles. The van der Waals surface area contributed by atoms with E-state index in [0.29, 0.717) is 17.3 Å². The van der Waals surface area contributed by atoms with Gasteiger partial charge in [0.2, 0.25) is 0 Å². The molecule has 0 spiro atoms. The number of fused-ring (bicyclic) bond motifs is 2. The smallest absolute Gasteiger partial charge is 0.274 e. The molecule has 0 radical (unpaired) electrons. The third-order valence-electron chi connectivity index (χ3n) is 5.21. The van der Waals surface area contributed by atoms with E-state index in [4.69, 9.17) is 0 Å². The van der Waals surface area contributed by atoms with Crippen molar-refractivity contribution in [3.05, 3.63) is 75.7 Å². The van der Waals surface area contributed by atoms with Gasteiger partial charge in [-0.2, -0.15) is 5.10 Å². The molecule has 3 aromatic rings. The number of nitrogens with one attached hydrogen (secondary N) is 2. The highest BCUT2D eigenvalue weighted by Crippen LogP contribution is 2.22. The number of rotatable bonds is 4. The normalized spacial score (nSPS) is 15.6. The van der Waals surface area contributed by atoms with Gasteiger partial charge in [0.25, 0.3) is 11.5 Å². The minimum Gasteiger partial charge on any atom is -0.349 e. The minimum atomic E-state index is -0.268. The Morgan fingerprint density at radius 2 is 1.86 bits per heavy atom. The molecule has 0 saturated heterocycles. The van der Waals surface area contributed by atoms with E-state index in [-0.39, 0.29) is 41.7 Å². The number of benzene rings is 2. The summed E-state index contributed by atoms with van der Waals surface area (Å²) < 4.78 is 1.38. The van der Waals surface area contributed by atoms with Gasteiger partial charge in [-0.05, 0) is 44.0 Å². The molecule has 1 amide bonds. The number of carbonyl (C=O) groups is 1. The maximum Gasteiger partial charge on any atom is 0.274 e. The minimum absolute atomic E-state index is 0. The number of nitrogens with zero attached hydrogens (tertiary/aromatic N) is 2. The molecule has 2 heterocycles. The second-order valence-electron chi connectivity index (χ2n) is 7.40. The van der Waals surface area contributed by atoms with Crippen LogP contribution in [0.2, 0.25) is 0 Å². The monoisotopic (exact) mass is 412 g/mol. The van der Waals surface area contributed by atoms with E-state index in [1.807, 2.05) is 32.0 Å². The molecule has 1 aliphatic heterocycles. The first kappa shape index (κ1) is 21.0. The van der Waals surface area contributed by atoms with E-state index in [1.54, 1.807) is 18.2 Å². The maximum atomic E-state index is 13.0. The molecule has 0 bridgehead atoms. The second-order valence-corrected chi connectivity index (χ2v) is 7.40. The van der Waals surface area contributed by atoms with Crippen LogP contribution in [0.3, 0.4) is 0 Å². The van der Waals surface area contributed by atoms with Gasteiger partial charge in [0, 0.05) is 18.0 Å². The Hall–Kier alpha value is -2.70. The molecule has 2 N–H and O–H groups in total. The van der Waals surface area contributed by atoms with E-state index in [9.17, 15) is 9.59 Å². The van der Waals surface area contributed by atoms with Crippen molar-refractivity contribution in [2.75, 3.05) is 13.1 Å². The Kier molecular flexibility index (Phi) is 6.35. The van der Waals surface area contributed by atoms with Gasteiger partial charge < -0.3 is 10.6 Å². The lowest BCUT2D eigenvalue weighted by Gasteiger charge is -2.27. The van der Waals surface area contributed by atoms with Gasteiger partial charge in [0.15, 0.2) is 5.69 Å². The molecule has 152 valence electrons. The lowest BCUT2D eigenvalue weighted by molar-refractivity contribution is 0.0943. The van der Waals surface area contributed by atoms with Crippen LogP contribution in [0, 0.1) is 0 Å². The average molecular weight is 413 g/mol. The highest BCUT2D eigenvalue weighted by molar-refractivity contribution is 6.04. The van der Waals surface area contributed by atoms with Crippen LogP contribution in [0.5, 0.6) is 0 Å². The largest absolute Gasteiger partial charge is 0.349 e. The highest BCUT2D eigenvalue weighted by atomic mass is 35.5. The molecule has 6 nitrogen and oxygen atoms in total. The zero-order chi connectivity index (χ0) is 19.7. The van der Waals surface area contributed by atoms with E-state index in [2.05, 4.69) is 27.9 Å². The summed E-state index contributed by atoms with van der Waals surface area (Å²) in [7, 11) is 0. The van der Waals surface area contributed by atoms with Crippen molar-refractivity contribution < 1.29 is 4.79 Å². The molecule has 1 atom stereocenters. The van der Waals surface area contributed by atoms with Crippen LogP contribution in [-0.2, 0) is 6.42 Å². The number of carbonyl (C=O) groups excluding carboxylic acids is 1. The van der Waals surface area contributed by atoms with Crippen molar-refractivity contribution in [1.29, 1.82) is 0 Å². The number of hydrogen-bond acceptors (Lipinski definition) is 4. The van der Waals surface area contributed by atoms with Crippen LogP contribution in [0.25, 0.3) is 10.8 Å². The molecular weight excluding hydrogens is 388 g/mol. The molecule has 7 heteroatoms. The Labute approximate surface area is 175 Å². The summed E-state index contributed by atoms with van der Waals surface area (Å²) >= 11 is 0. The SMILES string of the molecule is CC(C)n1nc(C(=O)NCC2NCCc3ccccc32)c2ccccc2c1=O.Cl. The topological polar surface area (TPSA) is 76.0 Å². The van der Waals surface area contributed by atoms with E-state index in [1.165, 1.54) is 15.8 Å². The lowest BCUT2D eigenvalue weighted by atomic mass is 9.94. The first-order valence-corrected chi connectivity index (χ1v) is 9.67. The Balaban J connectivity index is 0.00000240. The lowest BCUT2D eigenvalue weighted by Crippen LogP contribution is -2.39. The predicted octanol–water partition coefficient (Wildman–Crippen LogP) is 3.02. The van der Waals surface area contributed by atoms with Crippen LogP contribution in [0.1, 0.15) is 47.5 Å². The zero-order valence-corrected chi connectivity index (χ0v) is 17.3. The second kappa shape index (κ2) is 8.76. The van der Waals surface area contributed by atoms with Crippen molar-refractivity contribution in [2.24, 2.45) is 0 Å². The first-order valence-electron chi connectivity index (χ1n) is 9.67. The Morgan fingerprint density at radius 1 is 1.17 bits per heavy atom. The van der Waals surface area contributed by atoms with Crippen molar-refractivity contribution in [3.63, 3.8) is 0 Å². The van der Waals surface area contributed by atoms with Gasteiger partial charge in [-0.3, -0.25) is 9.59 Å².